The first-order valence-corrected chi connectivity index (χ1v) is 8.39. The summed E-state index contributed by atoms with van der Waals surface area (Å²) in [7, 11) is 2.10. The Morgan fingerprint density at radius 3 is 2.33 bits per heavy atom. The van der Waals surface area contributed by atoms with Crippen molar-refractivity contribution >= 4 is 31.9 Å². The summed E-state index contributed by atoms with van der Waals surface area (Å²) < 4.78 is 2.32. The number of hydrogen-bond acceptors (Lipinski definition) is 1. The van der Waals surface area contributed by atoms with E-state index < -0.39 is 0 Å². The maximum atomic E-state index is 3.60. The molecule has 98 valence electrons. The predicted octanol–water partition coefficient (Wildman–Crippen LogP) is 4.91. The molecule has 1 aromatic rings. The van der Waals surface area contributed by atoms with Gasteiger partial charge >= 0.3 is 0 Å². The highest BCUT2D eigenvalue weighted by Crippen LogP contribution is 2.52. The van der Waals surface area contributed by atoms with Gasteiger partial charge in [0.05, 0.1) is 0 Å². The number of benzene rings is 1. The lowest BCUT2D eigenvalue weighted by molar-refractivity contribution is 0.259. The molecule has 0 spiro atoms. The molecule has 0 aliphatic heterocycles. The molecule has 1 nitrogen and oxygen atoms in total. The molecule has 1 N–H and O–H groups in total. The summed E-state index contributed by atoms with van der Waals surface area (Å²) in [4.78, 5) is 0. The standard InChI is InChI=1S/C15H19Br2N/c1-18-15(11-6-12(16)8-13(17)7-11)14-5-9-2-3-10(14)4-9/h6-10,14-15,18H,2-5H2,1H3. The van der Waals surface area contributed by atoms with Crippen LogP contribution in [0.4, 0.5) is 0 Å². The molecule has 0 heterocycles. The fraction of sp³-hybridized carbons (Fsp3) is 0.600. The number of nitrogens with one attached hydrogen (secondary N) is 1. The number of fused-ring (bicyclic) bond motifs is 2. The Morgan fingerprint density at radius 2 is 1.83 bits per heavy atom. The van der Waals surface area contributed by atoms with Gasteiger partial charge in [-0.2, -0.15) is 0 Å². The van der Waals surface area contributed by atoms with Crippen LogP contribution in [0.15, 0.2) is 27.1 Å². The average molecular weight is 373 g/mol. The van der Waals surface area contributed by atoms with E-state index in [1.807, 2.05) is 0 Å². The number of halogens is 2. The zero-order valence-electron chi connectivity index (χ0n) is 10.6. The van der Waals surface area contributed by atoms with E-state index in [1.54, 1.807) is 0 Å². The molecule has 4 atom stereocenters. The van der Waals surface area contributed by atoms with Crippen molar-refractivity contribution in [3.8, 4) is 0 Å². The van der Waals surface area contributed by atoms with E-state index in [-0.39, 0.29) is 0 Å². The Balaban J connectivity index is 1.87. The summed E-state index contributed by atoms with van der Waals surface area (Å²) >= 11 is 7.20. The van der Waals surface area contributed by atoms with Crippen molar-refractivity contribution in [2.45, 2.75) is 31.7 Å². The van der Waals surface area contributed by atoms with Gasteiger partial charge in [-0.1, -0.05) is 38.3 Å². The molecule has 3 rings (SSSR count). The zero-order valence-corrected chi connectivity index (χ0v) is 13.8. The van der Waals surface area contributed by atoms with Gasteiger partial charge in [-0.15, -0.1) is 0 Å². The van der Waals surface area contributed by atoms with E-state index in [9.17, 15) is 0 Å². The van der Waals surface area contributed by atoms with Gasteiger partial charge < -0.3 is 5.32 Å². The van der Waals surface area contributed by atoms with Crippen LogP contribution in [0.25, 0.3) is 0 Å². The van der Waals surface area contributed by atoms with Crippen molar-refractivity contribution in [2.75, 3.05) is 7.05 Å². The minimum absolute atomic E-state index is 0.508. The molecule has 2 saturated carbocycles. The second-order valence-electron chi connectivity index (χ2n) is 5.81. The highest BCUT2D eigenvalue weighted by Gasteiger charge is 2.43. The van der Waals surface area contributed by atoms with Crippen molar-refractivity contribution in [3.63, 3.8) is 0 Å². The highest BCUT2D eigenvalue weighted by molar-refractivity contribution is 9.11. The third-order valence-corrected chi connectivity index (χ3v) is 5.69. The molecule has 4 unspecified atom stereocenters. The molecule has 1 aromatic carbocycles. The Morgan fingerprint density at radius 1 is 1.11 bits per heavy atom. The van der Waals surface area contributed by atoms with Crippen LogP contribution < -0.4 is 5.32 Å². The van der Waals surface area contributed by atoms with Crippen LogP contribution in [-0.2, 0) is 0 Å². The smallest absolute Gasteiger partial charge is 0.0349 e. The minimum Gasteiger partial charge on any atom is -0.313 e. The molecule has 3 heteroatoms. The normalized spacial score (nSPS) is 31.8. The van der Waals surface area contributed by atoms with Gasteiger partial charge in [0, 0.05) is 15.0 Å². The van der Waals surface area contributed by atoms with E-state index in [1.165, 1.54) is 31.2 Å². The molecule has 0 amide bonds. The van der Waals surface area contributed by atoms with E-state index in [4.69, 9.17) is 0 Å². The largest absolute Gasteiger partial charge is 0.313 e. The highest BCUT2D eigenvalue weighted by atomic mass is 79.9. The van der Waals surface area contributed by atoms with Crippen molar-refractivity contribution in [2.24, 2.45) is 17.8 Å². The van der Waals surface area contributed by atoms with Crippen LogP contribution >= 0.6 is 31.9 Å². The lowest BCUT2D eigenvalue weighted by Crippen LogP contribution is -2.29. The third-order valence-electron chi connectivity index (χ3n) is 4.78. The first-order valence-electron chi connectivity index (χ1n) is 6.80. The molecule has 0 aromatic heterocycles. The van der Waals surface area contributed by atoms with Gasteiger partial charge in [0.15, 0.2) is 0 Å². The monoisotopic (exact) mass is 371 g/mol. The molecular formula is C15H19Br2N. The van der Waals surface area contributed by atoms with Crippen molar-refractivity contribution < 1.29 is 0 Å². The quantitative estimate of drug-likeness (QED) is 0.794. The van der Waals surface area contributed by atoms with Crippen molar-refractivity contribution in [1.29, 1.82) is 0 Å². The van der Waals surface area contributed by atoms with Crippen LogP contribution in [0, 0.1) is 17.8 Å². The van der Waals surface area contributed by atoms with Gasteiger partial charge in [0.2, 0.25) is 0 Å². The summed E-state index contributed by atoms with van der Waals surface area (Å²) in [5.41, 5.74) is 1.41. The SMILES string of the molecule is CNC(c1cc(Br)cc(Br)c1)C1CC2CCC1C2. The summed E-state index contributed by atoms with van der Waals surface area (Å²) in [6.45, 7) is 0. The Kier molecular flexibility index (Phi) is 3.84. The van der Waals surface area contributed by atoms with Crippen molar-refractivity contribution in [3.05, 3.63) is 32.7 Å². The van der Waals surface area contributed by atoms with Crippen LogP contribution in [0.3, 0.4) is 0 Å². The van der Waals surface area contributed by atoms with Gasteiger partial charge in [-0.3, -0.25) is 0 Å². The Labute approximate surface area is 126 Å². The zero-order chi connectivity index (χ0) is 12.7. The van der Waals surface area contributed by atoms with Gasteiger partial charge in [-0.25, -0.2) is 0 Å². The van der Waals surface area contributed by atoms with Gasteiger partial charge in [0.1, 0.15) is 0 Å². The maximum absolute atomic E-state index is 3.60. The van der Waals surface area contributed by atoms with Crippen LogP contribution in [0.2, 0.25) is 0 Å². The topological polar surface area (TPSA) is 12.0 Å². The third kappa shape index (κ3) is 2.41. The first-order chi connectivity index (χ1) is 8.67. The van der Waals surface area contributed by atoms with E-state index in [2.05, 4.69) is 62.4 Å². The van der Waals surface area contributed by atoms with Gasteiger partial charge in [-0.05, 0) is 67.8 Å². The molecular weight excluding hydrogens is 354 g/mol. The fourth-order valence-electron chi connectivity index (χ4n) is 4.08. The Hall–Kier alpha value is 0.140. The fourth-order valence-corrected chi connectivity index (χ4v) is 5.41. The number of hydrogen-bond donors (Lipinski definition) is 1. The van der Waals surface area contributed by atoms with E-state index >= 15 is 0 Å². The summed E-state index contributed by atoms with van der Waals surface area (Å²) in [6, 6.07) is 7.14. The molecule has 18 heavy (non-hydrogen) atoms. The lowest BCUT2D eigenvalue weighted by Gasteiger charge is -2.31. The lowest BCUT2D eigenvalue weighted by atomic mass is 9.80. The maximum Gasteiger partial charge on any atom is 0.0349 e. The van der Waals surface area contributed by atoms with Crippen LogP contribution in [0.5, 0.6) is 0 Å². The Bertz CT molecular complexity index is 426. The van der Waals surface area contributed by atoms with E-state index in [0.717, 1.165) is 26.7 Å². The van der Waals surface area contributed by atoms with Gasteiger partial charge in [0.25, 0.3) is 0 Å². The minimum atomic E-state index is 0.508. The number of rotatable bonds is 3. The van der Waals surface area contributed by atoms with Crippen LogP contribution in [-0.4, -0.2) is 7.05 Å². The molecule has 2 aliphatic carbocycles. The van der Waals surface area contributed by atoms with Crippen LogP contribution in [0.1, 0.15) is 37.3 Å². The summed E-state index contributed by atoms with van der Waals surface area (Å²) in [6.07, 6.45) is 5.81. The van der Waals surface area contributed by atoms with E-state index in [0.29, 0.717) is 6.04 Å². The molecule has 0 radical (unpaired) electrons. The molecule has 2 aliphatic rings. The predicted molar refractivity (Wildman–Crippen MR) is 82.6 cm³/mol. The molecule has 2 fully saturated rings. The summed E-state index contributed by atoms with van der Waals surface area (Å²) in [5, 5.41) is 3.56. The van der Waals surface area contributed by atoms with Crippen molar-refractivity contribution in [1.82, 2.24) is 5.32 Å². The molecule has 2 bridgehead atoms. The first kappa shape index (κ1) is 13.1. The molecule has 0 saturated heterocycles. The summed E-state index contributed by atoms with van der Waals surface area (Å²) in [5.74, 6) is 2.78. The average Bonchev–Trinajstić information content (AvgIpc) is 2.90. The second-order valence-corrected chi connectivity index (χ2v) is 7.64. The second kappa shape index (κ2) is 5.26.